The third-order valence-electron chi connectivity index (χ3n) is 6.29. The van der Waals surface area contributed by atoms with E-state index in [-0.39, 0.29) is 18.6 Å². The lowest BCUT2D eigenvalue weighted by molar-refractivity contribution is -0.00141. The predicted molar refractivity (Wildman–Crippen MR) is 125 cm³/mol. The Labute approximate surface area is 193 Å². The second-order valence-corrected chi connectivity index (χ2v) is 9.05. The van der Waals surface area contributed by atoms with Gasteiger partial charge >= 0.3 is 0 Å². The molecule has 4 aromatic rings. The molecule has 9 heteroatoms. The summed E-state index contributed by atoms with van der Waals surface area (Å²) in [5, 5.41) is 23.4. The minimum absolute atomic E-state index is 0.224. The van der Waals surface area contributed by atoms with E-state index in [9.17, 15) is 10.2 Å². The van der Waals surface area contributed by atoms with E-state index in [2.05, 4.69) is 37.8 Å². The molecule has 1 aliphatic rings. The van der Waals surface area contributed by atoms with Gasteiger partial charge in [-0.15, -0.1) is 0 Å². The molecule has 0 unspecified atom stereocenters. The fourth-order valence-corrected chi connectivity index (χ4v) is 4.88. The summed E-state index contributed by atoms with van der Waals surface area (Å²) in [7, 11) is 0. The Kier molecular flexibility index (Phi) is 5.48. The maximum Gasteiger partial charge on any atom is 0.143 e. The van der Waals surface area contributed by atoms with E-state index in [1.165, 1.54) is 0 Å². The molecule has 0 amide bonds. The summed E-state index contributed by atoms with van der Waals surface area (Å²) in [6, 6.07) is 9.22. The Balaban J connectivity index is 1.34. The zero-order valence-corrected chi connectivity index (χ0v) is 19.1. The van der Waals surface area contributed by atoms with Gasteiger partial charge in [0.2, 0.25) is 0 Å². The van der Waals surface area contributed by atoms with E-state index in [0.717, 1.165) is 38.5 Å². The number of aliphatic hydroxyl groups excluding tert-OH is 2. The molecule has 5 rings (SSSR count). The highest BCUT2D eigenvalue weighted by Gasteiger charge is 2.43. The summed E-state index contributed by atoms with van der Waals surface area (Å²) in [5.41, 5.74) is 8.37. The molecule has 4 N–H and O–H groups in total. The SMILES string of the molecule is CCc1ncnc2c1ccn2[C@@H]1C[C@H](COc2ccc3cc(Br)c(N)nc3c2)[C@@H](O)[C@H]1O. The number of rotatable bonds is 5. The molecule has 0 saturated heterocycles. The molecule has 1 aliphatic carbocycles. The standard InChI is InChI=1S/C23H24BrN5O3/c1-2-17-15-5-6-29(23(15)27-11-26-17)19-8-13(20(30)21(19)31)10-32-14-4-3-12-7-16(24)22(25)28-18(12)9-14/h3-7,9,11,13,19-21,30-31H,2,8,10H2,1H3,(H2,25,28)/t13-,19-,20-,21+/m1/s1. The number of ether oxygens (including phenoxy) is 1. The minimum atomic E-state index is -0.908. The van der Waals surface area contributed by atoms with Crippen molar-refractivity contribution in [1.82, 2.24) is 19.5 Å². The number of fused-ring (bicyclic) bond motifs is 2. The topological polar surface area (TPSA) is 119 Å². The maximum atomic E-state index is 10.8. The van der Waals surface area contributed by atoms with Crippen LogP contribution in [-0.2, 0) is 6.42 Å². The number of hydrogen-bond donors (Lipinski definition) is 3. The number of pyridine rings is 1. The molecular weight excluding hydrogens is 474 g/mol. The number of nitrogens with two attached hydrogens (primary N) is 1. The van der Waals surface area contributed by atoms with E-state index in [0.29, 0.717) is 18.0 Å². The van der Waals surface area contributed by atoms with Crippen LogP contribution in [-0.4, -0.2) is 48.5 Å². The summed E-state index contributed by atoms with van der Waals surface area (Å²) in [5.74, 6) is 0.836. The zero-order chi connectivity index (χ0) is 22.4. The van der Waals surface area contributed by atoms with Gasteiger partial charge in [0.15, 0.2) is 0 Å². The van der Waals surface area contributed by atoms with Crippen LogP contribution >= 0.6 is 15.9 Å². The molecule has 1 aromatic carbocycles. The summed E-state index contributed by atoms with van der Waals surface area (Å²) in [6.45, 7) is 2.33. The molecule has 4 atom stereocenters. The summed E-state index contributed by atoms with van der Waals surface area (Å²) in [4.78, 5) is 13.1. The Morgan fingerprint density at radius 2 is 2.03 bits per heavy atom. The number of aromatic nitrogens is 4. The average molecular weight is 498 g/mol. The molecule has 3 aromatic heterocycles. The lowest BCUT2D eigenvalue weighted by Gasteiger charge is -2.19. The van der Waals surface area contributed by atoms with E-state index in [1.54, 1.807) is 6.33 Å². The van der Waals surface area contributed by atoms with Gasteiger partial charge in [-0.25, -0.2) is 15.0 Å². The molecule has 0 aliphatic heterocycles. The Morgan fingerprint density at radius 1 is 1.19 bits per heavy atom. The smallest absolute Gasteiger partial charge is 0.143 e. The number of hydrogen-bond acceptors (Lipinski definition) is 7. The van der Waals surface area contributed by atoms with Gasteiger partial charge in [-0.2, -0.15) is 0 Å². The van der Waals surface area contributed by atoms with Gasteiger partial charge in [-0.1, -0.05) is 6.92 Å². The first-order valence-corrected chi connectivity index (χ1v) is 11.4. The molecule has 0 spiro atoms. The zero-order valence-electron chi connectivity index (χ0n) is 17.5. The lowest BCUT2D eigenvalue weighted by atomic mass is 10.1. The van der Waals surface area contributed by atoms with Crippen molar-refractivity contribution in [3.63, 3.8) is 0 Å². The average Bonchev–Trinajstić information content (AvgIpc) is 3.34. The first-order valence-electron chi connectivity index (χ1n) is 10.6. The fourth-order valence-electron chi connectivity index (χ4n) is 4.54. The highest BCUT2D eigenvalue weighted by molar-refractivity contribution is 9.10. The van der Waals surface area contributed by atoms with Crippen LogP contribution in [0, 0.1) is 5.92 Å². The normalized spacial score (nSPS) is 23.2. The first-order chi connectivity index (χ1) is 15.5. The van der Waals surface area contributed by atoms with Crippen molar-refractivity contribution in [3.05, 3.63) is 53.0 Å². The van der Waals surface area contributed by atoms with Gasteiger partial charge in [-0.05, 0) is 53.0 Å². The minimum Gasteiger partial charge on any atom is -0.493 e. The number of nitrogen functional groups attached to an aromatic ring is 1. The van der Waals surface area contributed by atoms with E-state index < -0.39 is 12.2 Å². The van der Waals surface area contributed by atoms with Gasteiger partial charge in [0.1, 0.15) is 29.6 Å². The van der Waals surface area contributed by atoms with Crippen molar-refractivity contribution in [3.8, 4) is 5.75 Å². The van der Waals surface area contributed by atoms with Gasteiger partial charge in [-0.3, -0.25) is 0 Å². The Bertz CT molecular complexity index is 1290. The predicted octanol–water partition coefficient (Wildman–Crippen LogP) is 3.25. The van der Waals surface area contributed by atoms with Crippen LogP contribution < -0.4 is 10.5 Å². The van der Waals surface area contributed by atoms with Crippen LogP contribution in [0.4, 0.5) is 5.82 Å². The third kappa shape index (κ3) is 3.60. The second kappa shape index (κ2) is 8.31. The van der Waals surface area contributed by atoms with Crippen molar-refractivity contribution in [2.24, 2.45) is 5.92 Å². The number of aryl methyl sites for hydroxylation is 1. The number of anilines is 1. The quantitative estimate of drug-likeness (QED) is 0.387. The number of nitrogens with zero attached hydrogens (tertiary/aromatic N) is 4. The summed E-state index contributed by atoms with van der Waals surface area (Å²) >= 11 is 3.39. The van der Waals surface area contributed by atoms with Crippen LogP contribution in [0.3, 0.4) is 0 Å². The largest absolute Gasteiger partial charge is 0.493 e. The van der Waals surface area contributed by atoms with Gasteiger partial charge in [0.25, 0.3) is 0 Å². The monoisotopic (exact) mass is 497 g/mol. The summed E-state index contributed by atoms with van der Waals surface area (Å²) in [6.07, 6.45) is 3.04. The van der Waals surface area contributed by atoms with E-state index in [1.807, 2.05) is 41.1 Å². The van der Waals surface area contributed by atoms with Gasteiger partial charge in [0.05, 0.1) is 34.4 Å². The Hall–Kier alpha value is -2.75. The molecule has 1 saturated carbocycles. The first kappa shape index (κ1) is 21.1. The number of aliphatic hydroxyl groups is 2. The molecule has 3 heterocycles. The Morgan fingerprint density at radius 3 is 2.84 bits per heavy atom. The second-order valence-electron chi connectivity index (χ2n) is 8.20. The van der Waals surface area contributed by atoms with E-state index in [4.69, 9.17) is 10.5 Å². The molecular formula is C23H24BrN5O3. The van der Waals surface area contributed by atoms with Crippen molar-refractivity contribution in [1.29, 1.82) is 0 Å². The van der Waals surface area contributed by atoms with Crippen molar-refractivity contribution < 1.29 is 14.9 Å². The van der Waals surface area contributed by atoms with Crippen LogP contribution in [0.15, 0.2) is 47.3 Å². The highest BCUT2D eigenvalue weighted by atomic mass is 79.9. The number of benzene rings is 1. The van der Waals surface area contributed by atoms with Gasteiger partial charge < -0.3 is 25.3 Å². The van der Waals surface area contributed by atoms with E-state index >= 15 is 0 Å². The third-order valence-corrected chi connectivity index (χ3v) is 6.92. The van der Waals surface area contributed by atoms with Crippen molar-refractivity contribution in [2.75, 3.05) is 12.3 Å². The molecule has 0 radical (unpaired) electrons. The molecule has 166 valence electrons. The van der Waals surface area contributed by atoms with Crippen LogP contribution in [0.1, 0.15) is 25.1 Å². The van der Waals surface area contributed by atoms with Crippen LogP contribution in [0.25, 0.3) is 21.9 Å². The van der Waals surface area contributed by atoms with Gasteiger partial charge in [0, 0.05) is 29.0 Å². The molecule has 1 fully saturated rings. The highest BCUT2D eigenvalue weighted by Crippen LogP contribution is 2.38. The van der Waals surface area contributed by atoms with Crippen molar-refractivity contribution >= 4 is 43.7 Å². The summed E-state index contributed by atoms with van der Waals surface area (Å²) < 4.78 is 8.68. The molecule has 8 nitrogen and oxygen atoms in total. The molecule has 0 bridgehead atoms. The molecule has 32 heavy (non-hydrogen) atoms. The van der Waals surface area contributed by atoms with Crippen LogP contribution in [0.5, 0.6) is 5.75 Å². The lowest BCUT2D eigenvalue weighted by Crippen LogP contribution is -2.31. The van der Waals surface area contributed by atoms with Crippen LogP contribution in [0.2, 0.25) is 0 Å². The van der Waals surface area contributed by atoms with Crippen molar-refractivity contribution in [2.45, 2.75) is 38.0 Å². The number of halogens is 1. The maximum absolute atomic E-state index is 10.8. The fraction of sp³-hybridized carbons (Fsp3) is 0.348.